The Balaban J connectivity index is 2.20. The molecule has 21 heavy (non-hydrogen) atoms. The van der Waals surface area contributed by atoms with E-state index in [1.807, 2.05) is 0 Å². The van der Waals surface area contributed by atoms with Gasteiger partial charge in [0.15, 0.2) is 0 Å². The molecule has 3 aromatic rings. The molecule has 110 valence electrons. The highest BCUT2D eigenvalue weighted by Crippen LogP contribution is 2.37. The average molecular weight is 279 g/mol. The van der Waals surface area contributed by atoms with Crippen molar-refractivity contribution in [1.82, 2.24) is 4.57 Å². The minimum absolute atomic E-state index is 0.381. The van der Waals surface area contributed by atoms with Gasteiger partial charge in [-0.25, -0.2) is 0 Å². The smallest absolute Gasteiger partial charge is 0.0493 e. The zero-order valence-electron chi connectivity index (χ0n) is 13.6. The molecule has 1 atom stereocenters. The fourth-order valence-electron chi connectivity index (χ4n) is 3.46. The SMILES string of the molecule is CCC(C)(C)CC(C)n1c2ccccc2c2ccccc21. The maximum atomic E-state index is 2.53. The first-order chi connectivity index (χ1) is 10.0. The molecule has 1 heteroatoms. The maximum absolute atomic E-state index is 2.53. The van der Waals surface area contributed by atoms with Crippen LogP contribution in [0.25, 0.3) is 21.8 Å². The van der Waals surface area contributed by atoms with Crippen molar-refractivity contribution in [1.29, 1.82) is 0 Å². The lowest BCUT2D eigenvalue weighted by Crippen LogP contribution is -2.17. The van der Waals surface area contributed by atoms with E-state index in [0.29, 0.717) is 11.5 Å². The topological polar surface area (TPSA) is 4.93 Å². The Morgan fingerprint density at radius 1 is 0.905 bits per heavy atom. The molecule has 3 rings (SSSR count). The molecule has 0 aliphatic heterocycles. The van der Waals surface area contributed by atoms with Gasteiger partial charge in [-0.3, -0.25) is 0 Å². The molecule has 0 aliphatic carbocycles. The Labute approximate surface area is 127 Å². The quantitative estimate of drug-likeness (QED) is 0.537. The molecular weight excluding hydrogens is 254 g/mol. The van der Waals surface area contributed by atoms with Crippen molar-refractivity contribution in [2.75, 3.05) is 0 Å². The van der Waals surface area contributed by atoms with Crippen LogP contribution in [0, 0.1) is 5.41 Å². The molecule has 0 saturated heterocycles. The van der Waals surface area contributed by atoms with E-state index < -0.39 is 0 Å². The predicted octanol–water partition coefficient (Wildman–Crippen LogP) is 6.18. The van der Waals surface area contributed by atoms with Crippen LogP contribution in [-0.4, -0.2) is 4.57 Å². The van der Waals surface area contributed by atoms with Crippen LogP contribution in [0.2, 0.25) is 0 Å². The van der Waals surface area contributed by atoms with Gasteiger partial charge < -0.3 is 4.57 Å². The molecule has 0 amide bonds. The summed E-state index contributed by atoms with van der Waals surface area (Å²) in [6.07, 6.45) is 2.42. The summed E-state index contributed by atoms with van der Waals surface area (Å²) in [4.78, 5) is 0. The summed E-state index contributed by atoms with van der Waals surface area (Å²) in [5.41, 5.74) is 3.10. The summed E-state index contributed by atoms with van der Waals surface area (Å²) < 4.78 is 2.53. The Bertz CT molecular complexity index is 710. The normalized spacial score (nSPS) is 13.9. The Kier molecular flexibility index (Phi) is 3.52. The predicted molar refractivity (Wildman–Crippen MR) is 92.8 cm³/mol. The monoisotopic (exact) mass is 279 g/mol. The van der Waals surface area contributed by atoms with Crippen LogP contribution in [0.3, 0.4) is 0 Å². The first-order valence-corrected chi connectivity index (χ1v) is 8.01. The fraction of sp³-hybridized carbons (Fsp3) is 0.400. The van der Waals surface area contributed by atoms with Gasteiger partial charge in [0.2, 0.25) is 0 Å². The van der Waals surface area contributed by atoms with E-state index in [0.717, 1.165) is 0 Å². The van der Waals surface area contributed by atoms with Crippen molar-refractivity contribution in [3.63, 3.8) is 0 Å². The molecule has 0 bridgehead atoms. The minimum Gasteiger partial charge on any atom is -0.338 e. The number of nitrogens with zero attached hydrogens (tertiary/aromatic N) is 1. The van der Waals surface area contributed by atoms with Crippen molar-refractivity contribution in [3.8, 4) is 0 Å². The molecule has 0 radical (unpaired) electrons. The minimum atomic E-state index is 0.381. The van der Waals surface area contributed by atoms with Crippen LogP contribution in [0.5, 0.6) is 0 Å². The number of rotatable bonds is 4. The maximum Gasteiger partial charge on any atom is 0.0493 e. The van der Waals surface area contributed by atoms with Gasteiger partial charge in [0.1, 0.15) is 0 Å². The van der Waals surface area contributed by atoms with Crippen molar-refractivity contribution in [2.45, 2.75) is 46.6 Å². The lowest BCUT2D eigenvalue weighted by atomic mass is 9.83. The van der Waals surface area contributed by atoms with Gasteiger partial charge in [-0.2, -0.15) is 0 Å². The second kappa shape index (κ2) is 5.22. The van der Waals surface area contributed by atoms with Crippen LogP contribution in [0.1, 0.15) is 46.6 Å². The summed E-state index contributed by atoms with van der Waals surface area (Å²) in [7, 11) is 0. The Morgan fingerprint density at radius 3 is 1.86 bits per heavy atom. The fourth-order valence-corrected chi connectivity index (χ4v) is 3.46. The van der Waals surface area contributed by atoms with Crippen molar-refractivity contribution in [3.05, 3.63) is 48.5 Å². The number of para-hydroxylation sites is 2. The zero-order chi connectivity index (χ0) is 15.0. The molecule has 1 heterocycles. The third-order valence-corrected chi connectivity index (χ3v) is 4.86. The molecule has 1 unspecified atom stereocenters. The highest BCUT2D eigenvalue weighted by atomic mass is 15.0. The van der Waals surface area contributed by atoms with Crippen LogP contribution < -0.4 is 0 Å². The van der Waals surface area contributed by atoms with Gasteiger partial charge in [0.25, 0.3) is 0 Å². The third kappa shape index (κ3) is 2.46. The van der Waals surface area contributed by atoms with E-state index in [2.05, 4.69) is 80.8 Å². The standard InChI is InChI=1S/C20H25N/c1-5-20(3,4)14-15(2)21-18-12-8-6-10-16(18)17-11-7-9-13-19(17)21/h6-13,15H,5,14H2,1-4H3. The number of fused-ring (bicyclic) bond motifs is 3. The number of aromatic nitrogens is 1. The Morgan fingerprint density at radius 2 is 1.38 bits per heavy atom. The Hall–Kier alpha value is -1.76. The molecule has 1 aromatic heterocycles. The van der Waals surface area contributed by atoms with E-state index in [-0.39, 0.29) is 0 Å². The zero-order valence-corrected chi connectivity index (χ0v) is 13.6. The van der Waals surface area contributed by atoms with Gasteiger partial charge in [-0.15, -0.1) is 0 Å². The van der Waals surface area contributed by atoms with Gasteiger partial charge in [0.05, 0.1) is 0 Å². The van der Waals surface area contributed by atoms with Crippen LogP contribution >= 0.6 is 0 Å². The summed E-state index contributed by atoms with van der Waals surface area (Å²) >= 11 is 0. The van der Waals surface area contributed by atoms with E-state index in [1.165, 1.54) is 34.6 Å². The van der Waals surface area contributed by atoms with Gasteiger partial charge >= 0.3 is 0 Å². The van der Waals surface area contributed by atoms with Gasteiger partial charge in [0, 0.05) is 27.8 Å². The number of hydrogen-bond acceptors (Lipinski definition) is 0. The van der Waals surface area contributed by atoms with E-state index in [9.17, 15) is 0 Å². The number of benzene rings is 2. The van der Waals surface area contributed by atoms with E-state index >= 15 is 0 Å². The van der Waals surface area contributed by atoms with E-state index in [1.54, 1.807) is 0 Å². The molecule has 0 N–H and O–H groups in total. The van der Waals surface area contributed by atoms with E-state index in [4.69, 9.17) is 0 Å². The molecular formula is C20H25N. The van der Waals surface area contributed by atoms with Crippen molar-refractivity contribution >= 4 is 21.8 Å². The summed E-state index contributed by atoms with van der Waals surface area (Å²) in [6.45, 7) is 9.39. The molecule has 0 aliphatic rings. The lowest BCUT2D eigenvalue weighted by molar-refractivity contribution is 0.272. The first-order valence-electron chi connectivity index (χ1n) is 8.01. The molecule has 0 fully saturated rings. The summed E-state index contributed by atoms with van der Waals surface area (Å²) in [6, 6.07) is 18.1. The van der Waals surface area contributed by atoms with Gasteiger partial charge in [-0.05, 0) is 30.9 Å². The van der Waals surface area contributed by atoms with Gasteiger partial charge in [-0.1, -0.05) is 63.6 Å². The summed E-state index contributed by atoms with van der Waals surface area (Å²) in [5, 5.41) is 2.74. The van der Waals surface area contributed by atoms with Crippen LogP contribution in [-0.2, 0) is 0 Å². The molecule has 1 nitrogen and oxygen atoms in total. The average Bonchev–Trinajstić information content (AvgIpc) is 2.81. The highest BCUT2D eigenvalue weighted by Gasteiger charge is 2.22. The second-order valence-electron chi connectivity index (χ2n) is 6.98. The first kappa shape index (κ1) is 14.2. The largest absolute Gasteiger partial charge is 0.338 e. The summed E-state index contributed by atoms with van der Waals surface area (Å²) in [5.74, 6) is 0. The third-order valence-electron chi connectivity index (χ3n) is 4.86. The van der Waals surface area contributed by atoms with Crippen molar-refractivity contribution in [2.24, 2.45) is 5.41 Å². The van der Waals surface area contributed by atoms with Crippen molar-refractivity contribution < 1.29 is 0 Å². The molecule has 2 aromatic carbocycles. The molecule has 0 saturated carbocycles. The second-order valence-corrected chi connectivity index (χ2v) is 6.98. The highest BCUT2D eigenvalue weighted by molar-refractivity contribution is 6.08. The van der Waals surface area contributed by atoms with Crippen LogP contribution in [0.15, 0.2) is 48.5 Å². The molecule has 0 spiro atoms. The lowest BCUT2D eigenvalue weighted by Gasteiger charge is -2.28. The van der Waals surface area contributed by atoms with Crippen LogP contribution in [0.4, 0.5) is 0 Å². The number of hydrogen-bond donors (Lipinski definition) is 0.